The minimum atomic E-state index is -3.83. The van der Waals surface area contributed by atoms with Crippen molar-refractivity contribution in [2.75, 3.05) is 39.9 Å². The van der Waals surface area contributed by atoms with Crippen LogP contribution in [0.15, 0.2) is 76.5 Å². The lowest BCUT2D eigenvalue weighted by atomic mass is 9.88. The number of sulfonamides is 2. The maximum atomic E-state index is 13.7. The van der Waals surface area contributed by atoms with Gasteiger partial charge >= 0.3 is 0 Å². The van der Waals surface area contributed by atoms with Crippen LogP contribution < -0.4 is 20.5 Å². The molecule has 0 amide bonds. The molecule has 0 saturated carbocycles. The molecule has 1 spiro atoms. The summed E-state index contributed by atoms with van der Waals surface area (Å²) in [6, 6.07) is 18.8. The van der Waals surface area contributed by atoms with Crippen molar-refractivity contribution in [2.45, 2.75) is 53.3 Å². The highest BCUT2D eigenvalue weighted by atomic mass is 35.5. The van der Waals surface area contributed by atoms with Gasteiger partial charge in [0.1, 0.15) is 23.4 Å². The van der Waals surface area contributed by atoms with Gasteiger partial charge in [-0.25, -0.2) is 21.6 Å². The fourth-order valence-corrected chi connectivity index (χ4v) is 8.42. The third kappa shape index (κ3) is 7.87. The number of nitrogens with zero attached hydrogens (tertiary/aromatic N) is 1. The van der Waals surface area contributed by atoms with Crippen LogP contribution in [0.1, 0.15) is 24.8 Å². The predicted octanol–water partition coefficient (Wildman–Crippen LogP) is 2.72. The molecule has 45 heavy (non-hydrogen) atoms. The Morgan fingerprint density at radius 1 is 1.07 bits per heavy atom. The molecule has 2 atom stereocenters. The number of piperidine rings is 1. The molecule has 0 radical (unpaired) electrons. The van der Waals surface area contributed by atoms with Crippen LogP contribution in [0.5, 0.6) is 5.75 Å². The first kappa shape index (κ1) is 33.8. The summed E-state index contributed by atoms with van der Waals surface area (Å²) in [7, 11) is -6.10. The van der Waals surface area contributed by atoms with Gasteiger partial charge in [0, 0.05) is 38.3 Å². The van der Waals surface area contributed by atoms with E-state index in [1.54, 1.807) is 24.3 Å². The lowest BCUT2D eigenvalue weighted by molar-refractivity contribution is -0.0312. The molecule has 0 aliphatic carbocycles. The Balaban J connectivity index is 1.12. The Morgan fingerprint density at radius 3 is 2.47 bits per heavy atom. The number of nitrogens with one attached hydrogen (secondary N) is 2. The SMILES string of the molecule is CNS(=O)(=O)c1cccc(OC[C@@H](O)CNC2COC3(CCN(S(=O)(=O)c4cc(-c5ccc(CN)cc5)ccc4Cl)CC3)C2)c1. The van der Waals surface area contributed by atoms with Crippen LogP contribution in [0.2, 0.25) is 5.02 Å². The number of aliphatic hydroxyl groups excluding tert-OH is 1. The van der Waals surface area contributed by atoms with Gasteiger partial charge < -0.3 is 25.6 Å². The zero-order valence-corrected chi connectivity index (χ0v) is 27.4. The molecule has 2 fully saturated rings. The fourth-order valence-electron chi connectivity index (χ4n) is 5.71. The zero-order chi connectivity index (χ0) is 32.2. The standard InChI is InChI=1S/C31H39ClN4O7S2/c1-34-44(38,39)28-4-2-3-27(16-28)42-21-26(37)19-35-25-17-31(43-20-25)11-13-36(14-12-31)45(40,41)30-15-24(9-10-29(30)32)23-7-5-22(18-33)6-8-23/h2-10,15-16,25-26,34-35,37H,11-14,17-21,33H2,1H3/t25?,26-/m0/s1. The molecule has 5 rings (SSSR count). The van der Waals surface area contributed by atoms with E-state index in [0.29, 0.717) is 51.3 Å². The van der Waals surface area contributed by atoms with Crippen molar-refractivity contribution in [2.24, 2.45) is 5.73 Å². The van der Waals surface area contributed by atoms with Crippen molar-refractivity contribution in [3.63, 3.8) is 0 Å². The van der Waals surface area contributed by atoms with Crippen LogP contribution in [-0.4, -0.2) is 83.9 Å². The smallest absolute Gasteiger partial charge is 0.244 e. The largest absolute Gasteiger partial charge is 0.491 e. The lowest BCUT2D eigenvalue weighted by Crippen LogP contribution is -2.47. The van der Waals surface area contributed by atoms with Gasteiger partial charge in [0.25, 0.3) is 0 Å². The highest BCUT2D eigenvalue weighted by molar-refractivity contribution is 7.89. The summed E-state index contributed by atoms with van der Waals surface area (Å²) >= 11 is 6.41. The highest BCUT2D eigenvalue weighted by Crippen LogP contribution is 2.38. The first-order chi connectivity index (χ1) is 21.4. The van der Waals surface area contributed by atoms with Crippen molar-refractivity contribution >= 4 is 31.6 Å². The molecule has 2 aliphatic rings. The molecule has 5 N–H and O–H groups in total. The molecule has 2 aliphatic heterocycles. The van der Waals surface area contributed by atoms with Crippen molar-refractivity contribution in [3.8, 4) is 16.9 Å². The van der Waals surface area contributed by atoms with E-state index in [2.05, 4.69) is 10.0 Å². The Hall–Kier alpha value is -2.59. The van der Waals surface area contributed by atoms with Crippen LogP contribution in [0.4, 0.5) is 0 Å². The molecule has 1 unspecified atom stereocenters. The summed E-state index contributed by atoms with van der Waals surface area (Å²) in [5, 5.41) is 14.0. The number of rotatable bonds is 12. The second-order valence-corrected chi connectivity index (χ2v) is 15.6. The molecule has 11 nitrogen and oxygen atoms in total. The van der Waals surface area contributed by atoms with Gasteiger partial charge in [0.15, 0.2) is 0 Å². The number of nitrogens with two attached hydrogens (primary N) is 1. The van der Waals surface area contributed by atoms with Crippen molar-refractivity contribution in [1.29, 1.82) is 0 Å². The van der Waals surface area contributed by atoms with E-state index in [1.165, 1.54) is 23.5 Å². The molecule has 244 valence electrons. The summed E-state index contributed by atoms with van der Waals surface area (Å²) in [4.78, 5) is 0.159. The van der Waals surface area contributed by atoms with Crippen LogP contribution in [0.25, 0.3) is 11.1 Å². The molecule has 0 bridgehead atoms. The molecule has 2 heterocycles. The number of hydrogen-bond acceptors (Lipinski definition) is 9. The second-order valence-electron chi connectivity index (χ2n) is 11.4. The van der Waals surface area contributed by atoms with Gasteiger partial charge in [-0.1, -0.05) is 48.0 Å². The maximum Gasteiger partial charge on any atom is 0.244 e. The van der Waals surface area contributed by atoms with E-state index in [9.17, 15) is 21.9 Å². The van der Waals surface area contributed by atoms with Crippen molar-refractivity contribution in [3.05, 3.63) is 77.3 Å². The summed E-state index contributed by atoms with van der Waals surface area (Å²) in [5.41, 5.74) is 7.88. The van der Waals surface area contributed by atoms with E-state index in [1.807, 2.05) is 30.3 Å². The van der Waals surface area contributed by atoms with E-state index in [4.69, 9.17) is 26.8 Å². The Morgan fingerprint density at radius 2 is 1.78 bits per heavy atom. The molecule has 0 aromatic heterocycles. The average molecular weight is 679 g/mol. The normalized spacial score (nSPS) is 19.5. The van der Waals surface area contributed by atoms with E-state index >= 15 is 0 Å². The Kier molecular flexibility index (Phi) is 10.5. The van der Waals surface area contributed by atoms with Crippen LogP contribution in [0, 0.1) is 0 Å². The lowest BCUT2D eigenvalue weighted by Gasteiger charge is -2.38. The third-order valence-corrected chi connectivity index (χ3v) is 12.2. The summed E-state index contributed by atoms with van der Waals surface area (Å²) < 4.78 is 66.9. The Bertz CT molecular complexity index is 1700. The summed E-state index contributed by atoms with van der Waals surface area (Å²) in [5.74, 6) is 0.337. The molecular formula is C31H39ClN4O7S2. The second kappa shape index (κ2) is 14.0. The minimum Gasteiger partial charge on any atom is -0.491 e. The zero-order valence-electron chi connectivity index (χ0n) is 25.0. The number of hydrogen-bond donors (Lipinski definition) is 4. The van der Waals surface area contributed by atoms with Gasteiger partial charge in [-0.3, -0.25) is 0 Å². The predicted molar refractivity (Wildman–Crippen MR) is 172 cm³/mol. The van der Waals surface area contributed by atoms with Gasteiger partial charge in [0.05, 0.1) is 22.1 Å². The molecule has 3 aromatic rings. The minimum absolute atomic E-state index is 0.0105. The first-order valence-electron chi connectivity index (χ1n) is 14.8. The van der Waals surface area contributed by atoms with Gasteiger partial charge in [-0.05, 0) is 67.3 Å². The quantitative estimate of drug-likeness (QED) is 0.226. The first-order valence-corrected chi connectivity index (χ1v) is 18.1. The van der Waals surface area contributed by atoms with Crippen LogP contribution in [0.3, 0.4) is 0 Å². The maximum absolute atomic E-state index is 13.7. The number of halogens is 1. The molecule has 14 heteroatoms. The van der Waals surface area contributed by atoms with Crippen molar-refractivity contribution < 1.29 is 31.4 Å². The Labute approximate surface area is 269 Å². The topological polar surface area (TPSA) is 160 Å². The summed E-state index contributed by atoms with van der Waals surface area (Å²) in [6.45, 7) is 1.71. The van der Waals surface area contributed by atoms with Gasteiger partial charge in [0.2, 0.25) is 20.0 Å². The van der Waals surface area contributed by atoms with Crippen LogP contribution in [-0.2, 0) is 31.3 Å². The monoisotopic (exact) mass is 678 g/mol. The molecular weight excluding hydrogens is 640 g/mol. The molecule has 2 saturated heterocycles. The van der Waals surface area contributed by atoms with E-state index < -0.39 is 31.8 Å². The third-order valence-electron chi connectivity index (χ3n) is 8.38. The van der Waals surface area contributed by atoms with Crippen LogP contribution >= 0.6 is 11.6 Å². The van der Waals surface area contributed by atoms with Crippen molar-refractivity contribution in [1.82, 2.24) is 14.3 Å². The summed E-state index contributed by atoms with van der Waals surface area (Å²) in [6.07, 6.45) is 0.935. The van der Waals surface area contributed by atoms with Gasteiger partial charge in [-0.2, -0.15) is 4.31 Å². The molecule has 3 aromatic carbocycles. The highest BCUT2D eigenvalue weighted by Gasteiger charge is 2.45. The number of benzene rings is 3. The van der Waals surface area contributed by atoms with E-state index in [-0.39, 0.29) is 34.0 Å². The van der Waals surface area contributed by atoms with E-state index in [0.717, 1.165) is 16.7 Å². The number of ether oxygens (including phenoxy) is 2. The van der Waals surface area contributed by atoms with Gasteiger partial charge in [-0.15, -0.1) is 0 Å². The number of aliphatic hydroxyl groups is 1. The fraction of sp³-hybridized carbons (Fsp3) is 0.419. The average Bonchev–Trinajstić information content (AvgIpc) is 3.45.